The van der Waals surface area contributed by atoms with Gasteiger partial charge in [0.05, 0.1) is 21.7 Å². The maximum absolute atomic E-state index is 14.4. The van der Waals surface area contributed by atoms with E-state index in [0.717, 1.165) is 34.4 Å². The number of amides is 3. The number of benzene rings is 4. The van der Waals surface area contributed by atoms with Gasteiger partial charge in [-0.3, -0.25) is 39.4 Å². The quantitative estimate of drug-likeness (QED) is 0.128. The minimum Gasteiger partial charge on any atom is -0.292 e. The molecule has 0 saturated carbocycles. The maximum Gasteiger partial charge on any atom is 0.282 e. The molecule has 0 radical (unpaired) electrons. The molecule has 0 N–H and O–H groups in total. The Hall–Kier alpha value is -6.04. The Bertz CT molecular complexity index is 1880. The van der Waals surface area contributed by atoms with Gasteiger partial charge in [0.15, 0.2) is 5.78 Å². The molecule has 4 aromatic carbocycles. The lowest BCUT2D eigenvalue weighted by Crippen LogP contribution is -2.52. The Kier molecular flexibility index (Phi) is 6.36. The van der Waals surface area contributed by atoms with E-state index in [4.69, 9.17) is 0 Å². The highest BCUT2D eigenvalue weighted by atomic mass is 16.6. The molecule has 2 atom stereocenters. The van der Waals surface area contributed by atoms with Crippen molar-refractivity contribution in [1.29, 1.82) is 0 Å². The van der Waals surface area contributed by atoms with Gasteiger partial charge in [-0.25, -0.2) is 5.01 Å². The smallest absolute Gasteiger partial charge is 0.282 e. The first-order chi connectivity index (χ1) is 21.7. The molecule has 12 heteroatoms. The van der Waals surface area contributed by atoms with Gasteiger partial charge in [0.25, 0.3) is 29.1 Å². The van der Waals surface area contributed by atoms with E-state index in [1.54, 1.807) is 0 Å². The van der Waals surface area contributed by atoms with E-state index in [0.29, 0.717) is 10.0 Å². The third-order valence-electron chi connectivity index (χ3n) is 8.90. The van der Waals surface area contributed by atoms with Crippen LogP contribution in [0.25, 0.3) is 0 Å². The van der Waals surface area contributed by atoms with Crippen LogP contribution in [-0.2, 0) is 9.59 Å². The molecular formula is C33H22N4O8. The second-order valence-corrected chi connectivity index (χ2v) is 11.1. The molecule has 45 heavy (non-hydrogen) atoms. The third kappa shape index (κ3) is 4.13. The number of hydrogen-bond donors (Lipinski definition) is 0. The van der Waals surface area contributed by atoms with Crippen LogP contribution in [0.1, 0.15) is 54.8 Å². The normalized spacial score (nSPS) is 20.7. The van der Waals surface area contributed by atoms with Crippen molar-refractivity contribution in [3.63, 3.8) is 0 Å². The van der Waals surface area contributed by atoms with Gasteiger partial charge in [-0.05, 0) is 28.3 Å². The van der Waals surface area contributed by atoms with E-state index in [2.05, 4.69) is 0 Å². The molecule has 1 aliphatic heterocycles. The molecule has 1 heterocycles. The number of carbonyl (C=O) groups excluding carboxylic acids is 4. The van der Waals surface area contributed by atoms with Gasteiger partial charge in [-0.15, -0.1) is 0 Å². The van der Waals surface area contributed by atoms with Crippen molar-refractivity contribution in [3.05, 3.63) is 151 Å². The number of para-hydroxylation sites is 1. The van der Waals surface area contributed by atoms with Crippen LogP contribution in [0.3, 0.4) is 0 Å². The van der Waals surface area contributed by atoms with E-state index < -0.39 is 74.8 Å². The maximum atomic E-state index is 14.4. The summed E-state index contributed by atoms with van der Waals surface area (Å²) in [5, 5.41) is 24.5. The molecular weight excluding hydrogens is 580 g/mol. The van der Waals surface area contributed by atoms with E-state index >= 15 is 0 Å². The molecule has 0 unspecified atom stereocenters. The Morgan fingerprint density at radius 1 is 0.689 bits per heavy atom. The van der Waals surface area contributed by atoms with Gasteiger partial charge in [0.2, 0.25) is 0 Å². The van der Waals surface area contributed by atoms with E-state index in [1.807, 2.05) is 48.5 Å². The van der Waals surface area contributed by atoms with Gasteiger partial charge in [-0.2, -0.15) is 5.01 Å². The summed E-state index contributed by atoms with van der Waals surface area (Å²) >= 11 is 0. The van der Waals surface area contributed by atoms with Crippen molar-refractivity contribution < 1.29 is 29.0 Å². The highest BCUT2D eigenvalue weighted by Crippen LogP contribution is 2.61. The van der Waals surface area contributed by atoms with Crippen LogP contribution >= 0.6 is 0 Å². The monoisotopic (exact) mass is 602 g/mol. The Morgan fingerprint density at radius 2 is 1.20 bits per heavy atom. The number of carbonyl (C=O) groups is 4. The number of hydrogen-bond acceptors (Lipinski definition) is 8. The van der Waals surface area contributed by atoms with Crippen LogP contribution in [-0.4, -0.2) is 49.9 Å². The SMILES string of the molecule is O=C(CN(C(=O)c1ccccc1[N+](=O)[O-])N1C(=O)[C@H]2C3c4ccccc4C(c4ccccc43)[C@@H]2C1=O)c1cccc([N+](=O)[O-])c1. The van der Waals surface area contributed by atoms with Crippen LogP contribution in [0.2, 0.25) is 0 Å². The third-order valence-corrected chi connectivity index (χ3v) is 8.90. The average molecular weight is 603 g/mol. The number of imide groups is 1. The van der Waals surface area contributed by atoms with Gasteiger partial charge >= 0.3 is 0 Å². The van der Waals surface area contributed by atoms with Gasteiger partial charge in [0, 0.05) is 35.6 Å². The van der Waals surface area contributed by atoms with Crippen LogP contribution in [0.4, 0.5) is 11.4 Å². The number of Topliss-reactive ketones (excluding diaryl/α,β-unsaturated/α-hetero) is 1. The van der Waals surface area contributed by atoms with Crippen LogP contribution in [0.5, 0.6) is 0 Å². The van der Waals surface area contributed by atoms with Crippen LogP contribution < -0.4 is 0 Å². The standard InChI is InChI=1S/C33H22N4O8/c38-26(18-8-7-9-19(16-18)36(42)43)17-34(31(39)24-14-5-6-15-25(24)37(44)45)35-32(40)29-27-20-10-1-2-11-21(20)28(30(29)33(35)41)23-13-4-3-12-22(23)27/h1-16,27-30H,17H2/t27?,28?,29-,30-/m0/s1. The van der Waals surface area contributed by atoms with Gasteiger partial charge < -0.3 is 0 Å². The number of nitro benzene ring substituents is 2. The molecule has 0 spiro atoms. The molecule has 222 valence electrons. The molecule has 0 aromatic heterocycles. The molecule has 8 rings (SSSR count). The second-order valence-electron chi connectivity index (χ2n) is 11.1. The van der Waals surface area contributed by atoms with Crippen molar-refractivity contribution in [2.75, 3.05) is 6.54 Å². The number of hydrazine groups is 1. The van der Waals surface area contributed by atoms with Crippen molar-refractivity contribution >= 4 is 34.9 Å². The largest absolute Gasteiger partial charge is 0.292 e. The Morgan fingerprint density at radius 3 is 1.71 bits per heavy atom. The lowest BCUT2D eigenvalue weighted by molar-refractivity contribution is -0.385. The number of nitrogens with zero attached hydrogens (tertiary/aromatic N) is 4. The fourth-order valence-corrected chi connectivity index (χ4v) is 7.11. The average Bonchev–Trinajstić information content (AvgIpc) is 3.32. The first-order valence-electron chi connectivity index (χ1n) is 14.1. The fraction of sp³-hybridized carbons (Fsp3) is 0.152. The molecule has 4 aliphatic rings. The zero-order valence-electron chi connectivity index (χ0n) is 23.3. The molecule has 12 nitrogen and oxygen atoms in total. The number of rotatable bonds is 7. The summed E-state index contributed by atoms with van der Waals surface area (Å²) < 4.78 is 0. The summed E-state index contributed by atoms with van der Waals surface area (Å²) in [5.41, 5.74) is 2.07. The summed E-state index contributed by atoms with van der Waals surface area (Å²) in [6.07, 6.45) is 0. The topological polar surface area (TPSA) is 161 Å². The Balaban J connectivity index is 1.35. The van der Waals surface area contributed by atoms with E-state index in [-0.39, 0.29) is 11.3 Å². The number of ketones is 1. The number of non-ortho nitro benzene ring substituents is 1. The van der Waals surface area contributed by atoms with Gasteiger partial charge in [0.1, 0.15) is 12.1 Å². The summed E-state index contributed by atoms with van der Waals surface area (Å²) in [6.45, 7) is -0.877. The molecule has 1 saturated heterocycles. The zero-order valence-corrected chi connectivity index (χ0v) is 23.3. The lowest BCUT2D eigenvalue weighted by Gasteiger charge is -2.45. The van der Waals surface area contributed by atoms with Crippen molar-refractivity contribution in [3.8, 4) is 0 Å². The highest BCUT2D eigenvalue weighted by molar-refractivity contribution is 6.11. The highest BCUT2D eigenvalue weighted by Gasteiger charge is 2.63. The summed E-state index contributed by atoms with van der Waals surface area (Å²) in [7, 11) is 0. The summed E-state index contributed by atoms with van der Waals surface area (Å²) in [4.78, 5) is 78.2. The van der Waals surface area contributed by atoms with Gasteiger partial charge in [-0.1, -0.05) is 72.8 Å². The summed E-state index contributed by atoms with van der Waals surface area (Å²) in [6, 6.07) is 25.0. The molecule has 3 aliphatic carbocycles. The predicted octanol–water partition coefficient (Wildman–Crippen LogP) is 4.64. The van der Waals surface area contributed by atoms with E-state index in [9.17, 15) is 39.4 Å². The lowest BCUT2D eigenvalue weighted by atomic mass is 9.55. The molecule has 2 bridgehead atoms. The van der Waals surface area contributed by atoms with Crippen molar-refractivity contribution in [2.45, 2.75) is 11.8 Å². The van der Waals surface area contributed by atoms with E-state index in [1.165, 1.54) is 36.4 Å². The number of nitro groups is 2. The first-order valence-corrected chi connectivity index (χ1v) is 14.1. The minimum atomic E-state index is -1.11. The molecule has 1 fully saturated rings. The zero-order chi connectivity index (χ0) is 31.6. The first kappa shape index (κ1) is 27.8. The Labute approximate surface area is 254 Å². The van der Waals surface area contributed by atoms with Crippen LogP contribution in [0, 0.1) is 32.1 Å². The van der Waals surface area contributed by atoms with Crippen LogP contribution in [0.15, 0.2) is 97.1 Å². The minimum absolute atomic E-state index is 0.138. The summed E-state index contributed by atoms with van der Waals surface area (Å²) in [5.74, 6) is -6.10. The molecule has 3 amide bonds. The van der Waals surface area contributed by atoms with Crippen molar-refractivity contribution in [1.82, 2.24) is 10.0 Å². The van der Waals surface area contributed by atoms with Crippen molar-refractivity contribution in [2.24, 2.45) is 11.8 Å². The molecule has 4 aromatic rings. The second kappa shape index (κ2) is 10.3. The fourth-order valence-electron chi connectivity index (χ4n) is 7.11. The predicted molar refractivity (Wildman–Crippen MR) is 157 cm³/mol.